The Labute approximate surface area is 405 Å². The van der Waals surface area contributed by atoms with E-state index < -0.39 is 5.41 Å². The third-order valence-corrected chi connectivity index (χ3v) is 16.8. The number of aryl methyl sites for hydroxylation is 1. The molecule has 0 N–H and O–H groups in total. The van der Waals surface area contributed by atoms with Crippen LogP contribution in [0.1, 0.15) is 72.6 Å². The van der Waals surface area contributed by atoms with Crippen molar-refractivity contribution in [2.45, 2.75) is 50.9 Å². The van der Waals surface area contributed by atoms with Crippen LogP contribution in [0.3, 0.4) is 0 Å². The van der Waals surface area contributed by atoms with Crippen molar-refractivity contribution in [1.82, 2.24) is 0 Å². The number of hydrogen-bond acceptors (Lipinski definition) is 2. The van der Waals surface area contributed by atoms with E-state index in [1.54, 1.807) is 0 Å². The summed E-state index contributed by atoms with van der Waals surface area (Å²) in [5.41, 5.74) is 28.3. The number of rotatable bonds is 5. The highest BCUT2D eigenvalue weighted by atomic mass is 15.2. The van der Waals surface area contributed by atoms with Gasteiger partial charge in [0.1, 0.15) is 0 Å². The van der Waals surface area contributed by atoms with Crippen molar-refractivity contribution in [1.29, 1.82) is 0 Å². The molecule has 0 radical (unpaired) electrons. The topological polar surface area (TPSA) is 6.48 Å². The normalized spacial score (nSPS) is 15.2. The molecule has 326 valence electrons. The number of benzene rings is 10. The first-order chi connectivity index (χ1) is 34.0. The van der Waals surface area contributed by atoms with Gasteiger partial charge in [-0.3, -0.25) is 0 Å². The molecule has 0 bridgehead atoms. The molecule has 10 aromatic rings. The van der Waals surface area contributed by atoms with Gasteiger partial charge in [-0.15, -0.1) is 0 Å². The van der Waals surface area contributed by atoms with Crippen LogP contribution in [0.2, 0.25) is 0 Å². The summed E-state index contributed by atoms with van der Waals surface area (Å²) in [5, 5.41) is 2.55. The van der Waals surface area contributed by atoms with Crippen LogP contribution in [0, 0.1) is 0 Å². The molecule has 2 nitrogen and oxygen atoms in total. The van der Waals surface area contributed by atoms with E-state index in [0.717, 1.165) is 6.42 Å². The lowest BCUT2D eigenvalue weighted by Gasteiger charge is -2.52. The SMILES string of the molecule is CCCCc1ccc(N2c3cc4c(cc3B3c5c2cc2ccccc2c5-c2cccc5c2N3c2ccccc2C52c3ccccc3-c3ccccc32)-c2ccccc2C4(C)C)c(-c2ccccc2)c1. The number of para-hydroxylation sites is 2. The lowest BCUT2D eigenvalue weighted by molar-refractivity contribution is 0.660. The summed E-state index contributed by atoms with van der Waals surface area (Å²) in [6.45, 7) is 7.02. The minimum Gasteiger partial charge on any atom is -0.376 e. The Morgan fingerprint density at radius 1 is 0.449 bits per heavy atom. The minimum absolute atomic E-state index is 0.130. The third kappa shape index (κ3) is 4.97. The van der Waals surface area contributed by atoms with Gasteiger partial charge < -0.3 is 9.71 Å². The van der Waals surface area contributed by atoms with Crippen molar-refractivity contribution in [3.05, 3.63) is 245 Å². The van der Waals surface area contributed by atoms with E-state index in [1.807, 2.05) is 0 Å². The summed E-state index contributed by atoms with van der Waals surface area (Å²) in [7, 11) is 0. The second-order valence-corrected chi connectivity index (χ2v) is 20.5. The average Bonchev–Trinajstić information content (AvgIpc) is 3.82. The maximum atomic E-state index is 2.79. The molecule has 0 unspecified atom stereocenters. The zero-order valence-corrected chi connectivity index (χ0v) is 39.2. The molecular weight excluding hydrogens is 832 g/mol. The van der Waals surface area contributed by atoms with Gasteiger partial charge >= 0.3 is 6.85 Å². The third-order valence-electron chi connectivity index (χ3n) is 16.8. The molecule has 0 fully saturated rings. The lowest BCUT2D eigenvalue weighted by Crippen LogP contribution is -2.63. The van der Waals surface area contributed by atoms with Gasteiger partial charge in [0.25, 0.3) is 0 Å². The Balaban J connectivity index is 1.11. The lowest BCUT2D eigenvalue weighted by atomic mass is 9.41. The predicted octanol–water partition coefficient (Wildman–Crippen LogP) is 15.5. The van der Waals surface area contributed by atoms with Crippen LogP contribution in [0.25, 0.3) is 55.3 Å². The Hall–Kier alpha value is -7.88. The molecule has 5 aliphatic rings. The van der Waals surface area contributed by atoms with Crippen molar-refractivity contribution in [2.24, 2.45) is 0 Å². The number of anilines is 5. The maximum absolute atomic E-state index is 2.79. The van der Waals surface area contributed by atoms with Gasteiger partial charge in [0, 0.05) is 39.3 Å². The van der Waals surface area contributed by atoms with E-state index in [1.165, 1.54) is 146 Å². The van der Waals surface area contributed by atoms with Gasteiger partial charge in [-0.25, -0.2) is 0 Å². The second-order valence-electron chi connectivity index (χ2n) is 20.5. The number of fused-ring (bicyclic) bond motifs is 18. The van der Waals surface area contributed by atoms with Crippen LogP contribution in [0.15, 0.2) is 206 Å². The van der Waals surface area contributed by atoms with Crippen LogP contribution in [-0.2, 0) is 17.3 Å². The molecule has 3 aliphatic heterocycles. The van der Waals surface area contributed by atoms with Gasteiger partial charge in [-0.2, -0.15) is 0 Å². The molecule has 0 atom stereocenters. The predicted molar refractivity (Wildman–Crippen MR) is 290 cm³/mol. The van der Waals surface area contributed by atoms with Crippen molar-refractivity contribution < 1.29 is 0 Å². The Morgan fingerprint density at radius 2 is 1.09 bits per heavy atom. The quantitative estimate of drug-likeness (QED) is 0.159. The van der Waals surface area contributed by atoms with Gasteiger partial charge in [0.05, 0.1) is 11.1 Å². The Morgan fingerprint density at radius 3 is 1.86 bits per heavy atom. The van der Waals surface area contributed by atoms with Gasteiger partial charge in [-0.1, -0.05) is 203 Å². The molecule has 0 saturated carbocycles. The number of hydrogen-bond donors (Lipinski definition) is 0. The van der Waals surface area contributed by atoms with E-state index >= 15 is 0 Å². The molecule has 1 spiro atoms. The molecule has 15 rings (SSSR count). The highest BCUT2D eigenvalue weighted by molar-refractivity contribution is 6.94. The summed E-state index contributed by atoms with van der Waals surface area (Å²) in [6, 6.07) is 79.6. The van der Waals surface area contributed by atoms with Crippen LogP contribution < -0.4 is 20.6 Å². The molecule has 69 heavy (non-hydrogen) atoms. The molecule has 0 amide bonds. The number of nitrogens with zero attached hydrogens (tertiary/aromatic N) is 2. The minimum atomic E-state index is -0.509. The van der Waals surface area contributed by atoms with E-state index in [4.69, 9.17) is 0 Å². The fourth-order valence-corrected chi connectivity index (χ4v) is 13.9. The van der Waals surface area contributed by atoms with Gasteiger partial charge in [0.15, 0.2) is 0 Å². The molecule has 3 heterocycles. The highest BCUT2D eigenvalue weighted by Crippen LogP contribution is 2.65. The molecule has 0 aromatic heterocycles. The largest absolute Gasteiger partial charge is 0.376 e. The van der Waals surface area contributed by atoms with E-state index in [0.29, 0.717) is 0 Å². The Kier molecular flexibility index (Phi) is 8.00. The molecule has 3 heteroatoms. The van der Waals surface area contributed by atoms with Crippen molar-refractivity contribution >= 4 is 57.0 Å². The molecule has 2 aliphatic carbocycles. The summed E-state index contributed by atoms with van der Waals surface area (Å²) < 4.78 is 0. The monoisotopic (exact) mass is 880 g/mol. The van der Waals surface area contributed by atoms with Crippen molar-refractivity contribution in [3.63, 3.8) is 0 Å². The van der Waals surface area contributed by atoms with E-state index in [9.17, 15) is 0 Å². The van der Waals surface area contributed by atoms with Gasteiger partial charge in [0.2, 0.25) is 0 Å². The summed E-state index contributed by atoms with van der Waals surface area (Å²) in [4.78, 5) is 5.47. The number of unbranched alkanes of at least 4 members (excludes halogenated alkanes) is 1. The molecule has 10 aromatic carbocycles. The zero-order valence-electron chi connectivity index (χ0n) is 39.2. The fraction of sp³-hybridized carbons (Fsp3) is 0.121. The van der Waals surface area contributed by atoms with E-state index in [2.05, 4.69) is 237 Å². The highest BCUT2D eigenvalue weighted by Gasteiger charge is 2.56. The van der Waals surface area contributed by atoms with E-state index in [-0.39, 0.29) is 12.3 Å². The standard InChI is InChI=1S/C66H49BN2/c1-4-5-20-41-35-36-58(49(37-41)42-21-7-6-8-22-42)68-60-40-56-50(47-27-11-14-29-51(47)65(56,2)3)39-57(60)67-63-61(68)38-43-23-9-10-24-44(43)62(63)48-28-19-33-55-64(48)69(67)59-34-18-17-32-54(59)66(55)52-30-15-12-25-45(52)46-26-13-16-31-53(46)66/h6-19,21-40H,4-5,20H2,1-3H3. The van der Waals surface area contributed by atoms with Crippen molar-refractivity contribution in [3.8, 4) is 44.5 Å². The fourth-order valence-electron chi connectivity index (χ4n) is 13.9. The van der Waals surface area contributed by atoms with Crippen LogP contribution >= 0.6 is 0 Å². The zero-order chi connectivity index (χ0) is 45.8. The molecular formula is C66H49BN2. The van der Waals surface area contributed by atoms with Crippen molar-refractivity contribution in [2.75, 3.05) is 9.71 Å². The van der Waals surface area contributed by atoms with Crippen LogP contribution in [-0.4, -0.2) is 6.85 Å². The molecule has 0 saturated heterocycles. The maximum Gasteiger partial charge on any atom is 0.333 e. The summed E-state index contributed by atoms with van der Waals surface area (Å²) in [5.74, 6) is 0. The second kappa shape index (κ2) is 14.1. The first-order valence-corrected chi connectivity index (χ1v) is 25.0. The first-order valence-electron chi connectivity index (χ1n) is 25.0. The van der Waals surface area contributed by atoms with Crippen LogP contribution in [0.5, 0.6) is 0 Å². The van der Waals surface area contributed by atoms with Crippen LogP contribution in [0.4, 0.5) is 28.4 Å². The average molecular weight is 881 g/mol. The Bertz CT molecular complexity index is 3800. The smallest absolute Gasteiger partial charge is 0.333 e. The summed E-state index contributed by atoms with van der Waals surface area (Å²) >= 11 is 0. The van der Waals surface area contributed by atoms with Gasteiger partial charge in [-0.05, 0) is 137 Å². The summed E-state index contributed by atoms with van der Waals surface area (Å²) in [6.07, 6.45) is 3.39. The first kappa shape index (κ1) is 39.2.